The number of halogens is 2. The molecule has 0 bridgehead atoms. The number of ether oxygens (including phenoxy) is 2. The molecule has 0 N–H and O–H groups in total. The average Bonchev–Trinajstić information content (AvgIpc) is 2.49. The Morgan fingerprint density at radius 1 is 1.15 bits per heavy atom. The predicted molar refractivity (Wildman–Crippen MR) is 86.8 cm³/mol. The second-order valence-electron chi connectivity index (χ2n) is 4.20. The first-order valence-electron chi connectivity index (χ1n) is 6.18. The largest absolute Gasteiger partial charge is 0.493 e. The summed E-state index contributed by atoms with van der Waals surface area (Å²) in [7, 11) is 1.65. The number of benzene rings is 1. The molecule has 1 aromatic heterocycles. The number of hydrogen-bond acceptors (Lipinski definition) is 3. The van der Waals surface area contributed by atoms with Gasteiger partial charge in [-0.05, 0) is 51.3 Å². The molecule has 0 fully saturated rings. The first-order valence-corrected chi connectivity index (χ1v) is 8.10. The van der Waals surface area contributed by atoms with Crippen molar-refractivity contribution in [3.63, 3.8) is 0 Å². The summed E-state index contributed by atoms with van der Waals surface area (Å²) in [4.78, 5) is 4.00. The zero-order chi connectivity index (χ0) is 14.4. The van der Waals surface area contributed by atoms with Crippen LogP contribution in [0.2, 0.25) is 0 Å². The summed E-state index contributed by atoms with van der Waals surface area (Å²) in [6.45, 7) is 0.590. The Kier molecular flexibility index (Phi) is 5.86. The molecule has 0 saturated heterocycles. The molecule has 2 rings (SSSR count). The highest BCUT2D eigenvalue weighted by Gasteiger charge is 2.11. The molecular weight excluding hydrogens is 386 g/mol. The molecule has 0 radical (unpaired) electrons. The van der Waals surface area contributed by atoms with E-state index in [1.165, 1.54) is 5.56 Å². The van der Waals surface area contributed by atoms with Crippen LogP contribution in [0, 0.1) is 0 Å². The highest BCUT2D eigenvalue weighted by atomic mass is 79.9. The lowest BCUT2D eigenvalue weighted by Gasteiger charge is -2.14. The molecule has 0 unspecified atom stereocenters. The van der Waals surface area contributed by atoms with Gasteiger partial charge in [0.1, 0.15) is 0 Å². The summed E-state index contributed by atoms with van der Waals surface area (Å²) in [6.07, 6.45) is 4.41. The maximum atomic E-state index is 5.85. The van der Waals surface area contributed by atoms with Crippen molar-refractivity contribution in [3.8, 4) is 11.5 Å². The number of aromatic nitrogens is 1. The minimum absolute atomic E-state index is 0.590. The fourth-order valence-corrected chi connectivity index (χ4v) is 2.74. The van der Waals surface area contributed by atoms with Gasteiger partial charge in [0.25, 0.3) is 0 Å². The van der Waals surface area contributed by atoms with Crippen molar-refractivity contribution in [2.45, 2.75) is 11.8 Å². The van der Waals surface area contributed by atoms with E-state index in [-0.39, 0.29) is 0 Å². The van der Waals surface area contributed by atoms with E-state index in [1.807, 2.05) is 24.3 Å². The van der Waals surface area contributed by atoms with E-state index in [4.69, 9.17) is 9.47 Å². The van der Waals surface area contributed by atoms with E-state index in [0.29, 0.717) is 6.61 Å². The number of rotatable bonds is 6. The Morgan fingerprint density at radius 2 is 1.90 bits per heavy atom. The van der Waals surface area contributed by atoms with E-state index < -0.39 is 0 Å². The standard InChI is InChI=1S/C15H15Br2NO2/c1-19-14-9-12(10-16)8-13(17)15(14)20-7-4-11-2-5-18-6-3-11/h2-3,5-6,8-9H,4,7,10H2,1H3. The number of pyridine rings is 1. The summed E-state index contributed by atoms with van der Waals surface area (Å²) in [5.41, 5.74) is 2.34. The molecule has 0 atom stereocenters. The summed E-state index contributed by atoms with van der Waals surface area (Å²) in [5.74, 6) is 1.48. The monoisotopic (exact) mass is 399 g/mol. The maximum absolute atomic E-state index is 5.85. The van der Waals surface area contributed by atoms with Gasteiger partial charge in [0.2, 0.25) is 0 Å². The van der Waals surface area contributed by atoms with Gasteiger partial charge < -0.3 is 9.47 Å². The maximum Gasteiger partial charge on any atom is 0.175 e. The van der Waals surface area contributed by atoms with Crippen LogP contribution < -0.4 is 9.47 Å². The third kappa shape index (κ3) is 3.96. The minimum Gasteiger partial charge on any atom is -0.493 e. The molecule has 0 aliphatic heterocycles. The second-order valence-corrected chi connectivity index (χ2v) is 5.61. The highest BCUT2D eigenvalue weighted by Crippen LogP contribution is 2.37. The van der Waals surface area contributed by atoms with Crippen molar-refractivity contribution in [1.82, 2.24) is 4.98 Å². The fraction of sp³-hybridized carbons (Fsp3) is 0.267. The van der Waals surface area contributed by atoms with Crippen molar-refractivity contribution in [1.29, 1.82) is 0 Å². The van der Waals surface area contributed by atoms with Crippen molar-refractivity contribution in [3.05, 3.63) is 52.3 Å². The lowest BCUT2D eigenvalue weighted by Crippen LogP contribution is -2.03. The second kappa shape index (κ2) is 7.64. The van der Waals surface area contributed by atoms with Crippen LogP contribution in [0.25, 0.3) is 0 Å². The molecule has 0 aliphatic rings. The summed E-state index contributed by atoms with van der Waals surface area (Å²) < 4.78 is 12.1. The first-order chi connectivity index (χ1) is 9.74. The summed E-state index contributed by atoms with van der Waals surface area (Å²) in [5, 5.41) is 0.777. The van der Waals surface area contributed by atoms with E-state index in [1.54, 1.807) is 19.5 Å². The molecule has 3 nitrogen and oxygen atoms in total. The summed E-state index contributed by atoms with van der Waals surface area (Å²) >= 11 is 6.97. The Labute approximate surface area is 135 Å². The van der Waals surface area contributed by atoms with Gasteiger partial charge in [-0.2, -0.15) is 0 Å². The van der Waals surface area contributed by atoms with Gasteiger partial charge >= 0.3 is 0 Å². The van der Waals surface area contributed by atoms with Crippen LogP contribution >= 0.6 is 31.9 Å². The molecule has 1 aromatic carbocycles. The highest BCUT2D eigenvalue weighted by molar-refractivity contribution is 9.10. The molecule has 0 aliphatic carbocycles. The minimum atomic E-state index is 0.590. The number of alkyl halides is 1. The molecule has 106 valence electrons. The molecular formula is C15H15Br2NO2. The Morgan fingerprint density at radius 3 is 2.55 bits per heavy atom. The van der Waals surface area contributed by atoms with E-state index >= 15 is 0 Å². The molecule has 2 aromatic rings. The summed E-state index contributed by atoms with van der Waals surface area (Å²) in [6, 6.07) is 7.98. The topological polar surface area (TPSA) is 31.4 Å². The zero-order valence-corrected chi connectivity index (χ0v) is 14.3. The quantitative estimate of drug-likeness (QED) is 0.674. The third-order valence-corrected chi connectivity index (χ3v) is 4.07. The van der Waals surface area contributed by atoms with Crippen LogP contribution in [0.15, 0.2) is 41.1 Å². The van der Waals surface area contributed by atoms with Crippen molar-refractivity contribution >= 4 is 31.9 Å². The molecule has 0 saturated carbocycles. The third-order valence-electron chi connectivity index (χ3n) is 2.83. The van der Waals surface area contributed by atoms with Crippen LogP contribution in [0.1, 0.15) is 11.1 Å². The van der Waals surface area contributed by atoms with E-state index in [9.17, 15) is 0 Å². The molecule has 5 heteroatoms. The van der Waals surface area contributed by atoms with Crippen LogP contribution in [-0.4, -0.2) is 18.7 Å². The first kappa shape index (κ1) is 15.3. The number of nitrogens with zero attached hydrogens (tertiary/aromatic N) is 1. The van der Waals surface area contributed by atoms with Crippen LogP contribution in [-0.2, 0) is 11.8 Å². The van der Waals surface area contributed by atoms with Crippen LogP contribution in [0.4, 0.5) is 0 Å². The molecule has 1 heterocycles. The smallest absolute Gasteiger partial charge is 0.175 e. The number of methoxy groups -OCH3 is 1. The molecule has 0 amide bonds. The van der Waals surface area contributed by atoms with Gasteiger partial charge in [-0.3, -0.25) is 4.98 Å². The van der Waals surface area contributed by atoms with E-state index in [2.05, 4.69) is 36.8 Å². The average molecular weight is 401 g/mol. The van der Waals surface area contributed by atoms with Gasteiger partial charge in [0.15, 0.2) is 11.5 Å². The lowest BCUT2D eigenvalue weighted by atomic mass is 10.2. The predicted octanol–water partition coefficient (Wildman–Crippen LogP) is 4.37. The Balaban J connectivity index is 2.05. The Bertz CT molecular complexity index is 561. The van der Waals surface area contributed by atoms with Crippen molar-refractivity contribution in [2.24, 2.45) is 0 Å². The Hall–Kier alpha value is -1.07. The molecule has 0 spiro atoms. The van der Waals surface area contributed by atoms with Gasteiger partial charge in [-0.1, -0.05) is 15.9 Å². The van der Waals surface area contributed by atoms with Crippen molar-refractivity contribution in [2.75, 3.05) is 13.7 Å². The van der Waals surface area contributed by atoms with Gasteiger partial charge in [-0.25, -0.2) is 0 Å². The van der Waals surface area contributed by atoms with E-state index in [0.717, 1.165) is 33.3 Å². The van der Waals surface area contributed by atoms with Crippen LogP contribution in [0.3, 0.4) is 0 Å². The SMILES string of the molecule is COc1cc(CBr)cc(Br)c1OCCc1ccncc1. The normalized spacial score (nSPS) is 10.3. The lowest BCUT2D eigenvalue weighted by molar-refractivity contribution is 0.295. The van der Waals surface area contributed by atoms with Gasteiger partial charge in [0.05, 0.1) is 18.2 Å². The fourth-order valence-electron chi connectivity index (χ4n) is 1.81. The van der Waals surface area contributed by atoms with Gasteiger partial charge in [-0.15, -0.1) is 0 Å². The molecule has 20 heavy (non-hydrogen) atoms. The van der Waals surface area contributed by atoms with Gasteiger partial charge in [0, 0.05) is 24.1 Å². The van der Waals surface area contributed by atoms with Crippen molar-refractivity contribution < 1.29 is 9.47 Å². The number of hydrogen-bond donors (Lipinski definition) is 0. The zero-order valence-electron chi connectivity index (χ0n) is 11.1. The van der Waals surface area contributed by atoms with Crippen LogP contribution in [0.5, 0.6) is 11.5 Å².